The van der Waals surface area contributed by atoms with Gasteiger partial charge in [0.05, 0.1) is 0 Å². The van der Waals surface area contributed by atoms with E-state index in [1.54, 1.807) is 26.0 Å². The van der Waals surface area contributed by atoms with E-state index in [0.29, 0.717) is 12.3 Å². The van der Waals surface area contributed by atoms with Crippen LogP contribution in [0.2, 0.25) is 0 Å². The molecule has 0 saturated heterocycles. The number of hydrogen-bond donors (Lipinski definition) is 3. The van der Waals surface area contributed by atoms with E-state index in [1.807, 2.05) is 19.1 Å². The third-order valence-electron chi connectivity index (χ3n) is 2.66. The van der Waals surface area contributed by atoms with Gasteiger partial charge in [0.25, 0.3) is 5.91 Å². The van der Waals surface area contributed by atoms with Crippen LogP contribution >= 0.6 is 0 Å². The molecule has 4 N–H and O–H groups in total. The molecule has 3 amide bonds. The molecule has 1 aromatic carbocycles. The Morgan fingerprint density at radius 1 is 1.25 bits per heavy atom. The van der Waals surface area contributed by atoms with E-state index in [1.165, 1.54) is 0 Å². The Bertz CT molecular complexity index is 457. The smallest absolute Gasteiger partial charge is 0.321 e. The van der Waals surface area contributed by atoms with Crippen molar-refractivity contribution in [2.45, 2.75) is 32.9 Å². The zero-order valence-electron chi connectivity index (χ0n) is 12.0. The number of carbonyl (C=O) groups is 2. The number of carbonyl (C=O) groups excluding carboxylic acids is 2. The van der Waals surface area contributed by atoms with E-state index in [-0.39, 0.29) is 6.04 Å². The van der Waals surface area contributed by atoms with Crippen LogP contribution in [0, 0.1) is 0 Å². The van der Waals surface area contributed by atoms with Crippen LogP contribution in [0.5, 0.6) is 5.75 Å². The summed E-state index contributed by atoms with van der Waals surface area (Å²) in [6, 6.07) is 6.59. The van der Waals surface area contributed by atoms with Crippen molar-refractivity contribution < 1.29 is 14.3 Å². The van der Waals surface area contributed by atoms with Gasteiger partial charge in [0.2, 0.25) is 0 Å². The molecule has 1 unspecified atom stereocenters. The van der Waals surface area contributed by atoms with Crippen molar-refractivity contribution in [2.24, 2.45) is 5.73 Å². The minimum Gasteiger partial charge on any atom is -0.481 e. The minimum atomic E-state index is -0.765. The normalized spacial score (nSPS) is 13.2. The first-order valence-electron chi connectivity index (χ1n) is 6.55. The van der Waals surface area contributed by atoms with E-state index in [9.17, 15) is 9.59 Å². The molecular formula is C14H21N3O3. The number of nitrogens with one attached hydrogen (secondary N) is 2. The molecule has 0 radical (unpaired) electrons. The molecule has 0 heterocycles. The Morgan fingerprint density at radius 2 is 1.85 bits per heavy atom. The molecule has 0 aliphatic carbocycles. The van der Waals surface area contributed by atoms with Crippen molar-refractivity contribution in [1.29, 1.82) is 0 Å². The SMILES string of the molecule is CCNC(=O)NC(=O)C(C)Oc1ccc([C@H](C)N)cc1. The summed E-state index contributed by atoms with van der Waals surface area (Å²) in [5, 5.41) is 4.67. The lowest BCUT2D eigenvalue weighted by atomic mass is 10.1. The molecule has 6 heteroatoms. The van der Waals surface area contributed by atoms with E-state index in [4.69, 9.17) is 10.5 Å². The fourth-order valence-electron chi connectivity index (χ4n) is 1.53. The summed E-state index contributed by atoms with van der Waals surface area (Å²) < 4.78 is 5.46. The lowest BCUT2D eigenvalue weighted by Crippen LogP contribution is -2.45. The molecule has 0 fully saturated rings. The van der Waals surface area contributed by atoms with Gasteiger partial charge >= 0.3 is 6.03 Å². The molecule has 110 valence electrons. The van der Waals surface area contributed by atoms with E-state index in [0.717, 1.165) is 5.56 Å². The van der Waals surface area contributed by atoms with Gasteiger partial charge in [-0.25, -0.2) is 4.79 Å². The molecule has 0 aliphatic rings. The number of amides is 3. The summed E-state index contributed by atoms with van der Waals surface area (Å²) in [6.07, 6.45) is -0.765. The average Bonchev–Trinajstić information content (AvgIpc) is 2.39. The average molecular weight is 279 g/mol. The van der Waals surface area contributed by atoms with Gasteiger partial charge < -0.3 is 15.8 Å². The highest BCUT2D eigenvalue weighted by Crippen LogP contribution is 2.17. The van der Waals surface area contributed by atoms with Gasteiger partial charge in [-0.2, -0.15) is 0 Å². The van der Waals surface area contributed by atoms with Gasteiger partial charge in [0.15, 0.2) is 6.10 Å². The number of nitrogens with two attached hydrogens (primary N) is 1. The zero-order valence-corrected chi connectivity index (χ0v) is 12.0. The first-order valence-corrected chi connectivity index (χ1v) is 6.55. The van der Waals surface area contributed by atoms with Crippen LogP contribution in [0.4, 0.5) is 4.79 Å². The summed E-state index contributed by atoms with van der Waals surface area (Å²) in [6.45, 7) is 5.68. The molecule has 0 saturated carbocycles. The lowest BCUT2D eigenvalue weighted by molar-refractivity contribution is -0.126. The topological polar surface area (TPSA) is 93.5 Å². The van der Waals surface area contributed by atoms with Crippen molar-refractivity contribution in [1.82, 2.24) is 10.6 Å². The second-order valence-corrected chi connectivity index (χ2v) is 4.47. The lowest BCUT2D eigenvalue weighted by Gasteiger charge is -2.15. The zero-order chi connectivity index (χ0) is 15.1. The highest BCUT2D eigenvalue weighted by Gasteiger charge is 2.17. The molecule has 1 aromatic rings. The molecule has 0 spiro atoms. The first-order chi connectivity index (χ1) is 9.43. The molecular weight excluding hydrogens is 258 g/mol. The predicted molar refractivity (Wildman–Crippen MR) is 76.3 cm³/mol. The van der Waals surface area contributed by atoms with Gasteiger partial charge in [-0.05, 0) is 38.5 Å². The standard InChI is InChI=1S/C14H21N3O3/c1-4-16-14(19)17-13(18)10(3)20-12-7-5-11(6-8-12)9(2)15/h5-10H,4,15H2,1-3H3,(H2,16,17,18,19)/t9-,10?/m0/s1. The van der Waals surface area contributed by atoms with Gasteiger partial charge in [-0.15, -0.1) is 0 Å². The van der Waals surface area contributed by atoms with Gasteiger partial charge in [0, 0.05) is 12.6 Å². The van der Waals surface area contributed by atoms with Crippen molar-refractivity contribution in [3.8, 4) is 5.75 Å². The van der Waals surface area contributed by atoms with Crippen LogP contribution in [-0.2, 0) is 4.79 Å². The number of urea groups is 1. The second kappa shape index (κ2) is 7.49. The number of benzene rings is 1. The van der Waals surface area contributed by atoms with Crippen LogP contribution < -0.4 is 21.1 Å². The highest BCUT2D eigenvalue weighted by molar-refractivity contribution is 5.96. The predicted octanol–water partition coefficient (Wildman–Crippen LogP) is 1.32. The molecule has 2 atom stereocenters. The van der Waals surface area contributed by atoms with E-state index < -0.39 is 18.0 Å². The maximum atomic E-state index is 11.7. The fourth-order valence-corrected chi connectivity index (χ4v) is 1.53. The fraction of sp³-hybridized carbons (Fsp3) is 0.429. The van der Waals surface area contributed by atoms with Crippen LogP contribution in [0.3, 0.4) is 0 Å². The number of ether oxygens (including phenoxy) is 1. The molecule has 20 heavy (non-hydrogen) atoms. The van der Waals surface area contributed by atoms with Gasteiger partial charge in [0.1, 0.15) is 5.75 Å². The monoisotopic (exact) mass is 279 g/mol. The van der Waals surface area contributed by atoms with Crippen LogP contribution in [0.15, 0.2) is 24.3 Å². The van der Waals surface area contributed by atoms with Gasteiger partial charge in [-0.1, -0.05) is 12.1 Å². The van der Waals surface area contributed by atoms with Crippen molar-refractivity contribution in [3.05, 3.63) is 29.8 Å². The number of imide groups is 1. The van der Waals surface area contributed by atoms with Crippen LogP contribution in [-0.4, -0.2) is 24.6 Å². The van der Waals surface area contributed by atoms with E-state index >= 15 is 0 Å². The molecule has 0 aliphatic heterocycles. The number of hydrogen-bond acceptors (Lipinski definition) is 4. The largest absolute Gasteiger partial charge is 0.481 e. The third kappa shape index (κ3) is 4.89. The molecule has 0 aromatic heterocycles. The summed E-state index contributed by atoms with van der Waals surface area (Å²) in [5.74, 6) is 0.0557. The Morgan fingerprint density at radius 3 is 2.35 bits per heavy atom. The highest BCUT2D eigenvalue weighted by atomic mass is 16.5. The van der Waals surface area contributed by atoms with Crippen molar-refractivity contribution >= 4 is 11.9 Å². The van der Waals surface area contributed by atoms with Crippen molar-refractivity contribution in [2.75, 3.05) is 6.54 Å². The summed E-state index contributed by atoms with van der Waals surface area (Å²) >= 11 is 0. The summed E-state index contributed by atoms with van der Waals surface area (Å²) in [5.41, 5.74) is 6.73. The third-order valence-corrected chi connectivity index (χ3v) is 2.66. The summed E-state index contributed by atoms with van der Waals surface area (Å²) in [4.78, 5) is 22.9. The summed E-state index contributed by atoms with van der Waals surface area (Å²) in [7, 11) is 0. The van der Waals surface area contributed by atoms with Crippen molar-refractivity contribution in [3.63, 3.8) is 0 Å². The first kappa shape index (κ1) is 16.0. The number of rotatable bonds is 5. The maximum Gasteiger partial charge on any atom is 0.321 e. The van der Waals surface area contributed by atoms with Gasteiger partial charge in [-0.3, -0.25) is 10.1 Å². The van der Waals surface area contributed by atoms with Crippen LogP contribution in [0.1, 0.15) is 32.4 Å². The molecule has 0 bridgehead atoms. The minimum absolute atomic E-state index is 0.0532. The Balaban J connectivity index is 2.54. The Hall–Kier alpha value is -2.08. The maximum absolute atomic E-state index is 11.7. The Kier molecular flexibility index (Phi) is 5.99. The molecule has 6 nitrogen and oxygen atoms in total. The van der Waals surface area contributed by atoms with E-state index in [2.05, 4.69) is 10.6 Å². The van der Waals surface area contributed by atoms with Crippen LogP contribution in [0.25, 0.3) is 0 Å². The Labute approximate surface area is 118 Å². The molecule has 1 rings (SSSR count). The quantitative estimate of drug-likeness (QED) is 0.757. The second-order valence-electron chi connectivity index (χ2n) is 4.47.